The summed E-state index contributed by atoms with van der Waals surface area (Å²) < 4.78 is 29.3. The maximum atomic E-state index is 12.2. The second kappa shape index (κ2) is 4.90. The molecule has 1 heterocycles. The third-order valence-electron chi connectivity index (χ3n) is 2.27. The lowest BCUT2D eigenvalue weighted by Crippen LogP contribution is -2.03. The number of sulfone groups is 1. The standard InChI is InChI=1S/C13H9NO3S/c14-10-13(9-11-5-4-8-17-11)18(15,16)12-6-2-1-3-7-12/h1-9H/b13-9+. The molecule has 0 fully saturated rings. The summed E-state index contributed by atoms with van der Waals surface area (Å²) in [7, 11) is -3.79. The zero-order valence-electron chi connectivity index (χ0n) is 9.28. The highest BCUT2D eigenvalue weighted by Gasteiger charge is 2.20. The molecule has 0 saturated heterocycles. The molecule has 2 aromatic rings. The van der Waals surface area contributed by atoms with E-state index < -0.39 is 9.84 Å². The summed E-state index contributed by atoms with van der Waals surface area (Å²) in [5, 5.41) is 8.98. The van der Waals surface area contributed by atoms with E-state index >= 15 is 0 Å². The van der Waals surface area contributed by atoms with Crippen molar-refractivity contribution in [2.75, 3.05) is 0 Å². The van der Waals surface area contributed by atoms with Gasteiger partial charge in [0.1, 0.15) is 11.8 Å². The fraction of sp³-hybridized carbons (Fsp3) is 0. The average Bonchev–Trinajstić information content (AvgIpc) is 2.89. The molecule has 0 atom stereocenters. The summed E-state index contributed by atoms with van der Waals surface area (Å²) in [6.45, 7) is 0. The van der Waals surface area contributed by atoms with Crippen LogP contribution in [0.3, 0.4) is 0 Å². The molecule has 0 aliphatic rings. The smallest absolute Gasteiger partial charge is 0.216 e. The molecule has 0 N–H and O–H groups in total. The van der Waals surface area contributed by atoms with E-state index in [2.05, 4.69) is 0 Å². The minimum absolute atomic E-state index is 0.0874. The molecule has 0 aliphatic heterocycles. The van der Waals surface area contributed by atoms with Gasteiger partial charge in [-0.1, -0.05) is 18.2 Å². The maximum absolute atomic E-state index is 12.2. The van der Waals surface area contributed by atoms with Crippen molar-refractivity contribution in [2.45, 2.75) is 4.90 Å². The Balaban J connectivity index is 2.50. The number of benzene rings is 1. The second-order valence-electron chi connectivity index (χ2n) is 3.45. The Kier molecular flexibility index (Phi) is 3.31. The number of hydrogen-bond acceptors (Lipinski definition) is 4. The summed E-state index contributed by atoms with van der Waals surface area (Å²) in [5.74, 6) is 0.325. The van der Waals surface area contributed by atoms with E-state index in [1.165, 1.54) is 24.5 Å². The van der Waals surface area contributed by atoms with Gasteiger partial charge in [0.15, 0.2) is 4.91 Å². The highest BCUT2D eigenvalue weighted by Crippen LogP contribution is 2.20. The van der Waals surface area contributed by atoms with Crippen LogP contribution in [0.25, 0.3) is 6.08 Å². The van der Waals surface area contributed by atoms with E-state index in [0.29, 0.717) is 5.76 Å². The zero-order valence-corrected chi connectivity index (χ0v) is 10.1. The zero-order chi connectivity index (χ0) is 13.0. The molecule has 90 valence electrons. The Morgan fingerprint density at radius 2 is 1.89 bits per heavy atom. The van der Waals surface area contributed by atoms with Crippen molar-refractivity contribution in [3.63, 3.8) is 0 Å². The first-order valence-corrected chi connectivity index (χ1v) is 6.58. The van der Waals surface area contributed by atoms with E-state index in [1.807, 2.05) is 0 Å². The van der Waals surface area contributed by atoms with Gasteiger partial charge in [0.25, 0.3) is 0 Å². The van der Waals surface area contributed by atoms with Crippen LogP contribution < -0.4 is 0 Å². The topological polar surface area (TPSA) is 71.1 Å². The molecule has 4 nitrogen and oxygen atoms in total. The van der Waals surface area contributed by atoms with Crippen molar-refractivity contribution in [2.24, 2.45) is 0 Å². The van der Waals surface area contributed by atoms with Crippen LogP contribution in [0.4, 0.5) is 0 Å². The number of hydrogen-bond donors (Lipinski definition) is 0. The molecule has 1 aromatic carbocycles. The molecule has 0 aliphatic carbocycles. The van der Waals surface area contributed by atoms with Crippen molar-refractivity contribution >= 4 is 15.9 Å². The van der Waals surface area contributed by atoms with Gasteiger partial charge in [0.2, 0.25) is 9.84 Å². The quantitative estimate of drug-likeness (QED) is 0.794. The summed E-state index contributed by atoms with van der Waals surface area (Å²) in [5.41, 5.74) is 0. The SMILES string of the molecule is N#C/C(=C\c1ccco1)S(=O)(=O)c1ccccc1. The largest absolute Gasteiger partial charge is 0.465 e. The molecule has 0 unspecified atom stereocenters. The first kappa shape index (κ1) is 12.1. The highest BCUT2D eigenvalue weighted by molar-refractivity contribution is 7.95. The lowest BCUT2D eigenvalue weighted by molar-refractivity contribution is 0.556. The number of allylic oxidation sites excluding steroid dienone is 1. The van der Waals surface area contributed by atoms with Gasteiger partial charge in [0, 0.05) is 6.08 Å². The van der Waals surface area contributed by atoms with Crippen molar-refractivity contribution in [1.82, 2.24) is 0 Å². The first-order valence-electron chi connectivity index (χ1n) is 5.10. The monoisotopic (exact) mass is 259 g/mol. The molecule has 0 bridgehead atoms. The van der Waals surface area contributed by atoms with Gasteiger partial charge in [-0.25, -0.2) is 8.42 Å². The second-order valence-corrected chi connectivity index (χ2v) is 5.37. The lowest BCUT2D eigenvalue weighted by atomic mass is 10.4. The van der Waals surface area contributed by atoms with Crippen molar-refractivity contribution in [3.8, 4) is 6.07 Å². The van der Waals surface area contributed by atoms with Crippen LogP contribution >= 0.6 is 0 Å². The number of nitriles is 1. The molecular weight excluding hydrogens is 250 g/mol. The summed E-state index contributed by atoms with van der Waals surface area (Å²) in [6, 6.07) is 12.7. The summed E-state index contributed by atoms with van der Waals surface area (Å²) in [6.07, 6.45) is 2.62. The van der Waals surface area contributed by atoms with Gasteiger partial charge in [-0.3, -0.25) is 0 Å². The molecule has 18 heavy (non-hydrogen) atoms. The van der Waals surface area contributed by atoms with Gasteiger partial charge in [-0.05, 0) is 24.3 Å². The summed E-state index contributed by atoms with van der Waals surface area (Å²) in [4.78, 5) is -0.256. The third kappa shape index (κ3) is 2.34. The van der Waals surface area contributed by atoms with E-state index in [4.69, 9.17) is 9.68 Å². The molecule has 1 aromatic heterocycles. The number of rotatable bonds is 3. The van der Waals surface area contributed by atoms with Crippen LogP contribution in [-0.4, -0.2) is 8.42 Å². The Labute approximate surface area is 105 Å². The Morgan fingerprint density at radius 1 is 1.17 bits per heavy atom. The van der Waals surface area contributed by atoms with Crippen LogP contribution in [0.15, 0.2) is 62.9 Å². The lowest BCUT2D eigenvalue weighted by Gasteiger charge is -2.01. The fourth-order valence-electron chi connectivity index (χ4n) is 1.40. The summed E-state index contributed by atoms with van der Waals surface area (Å²) >= 11 is 0. The fourth-order valence-corrected chi connectivity index (χ4v) is 2.56. The molecule has 5 heteroatoms. The Bertz CT molecular complexity index is 692. The molecule has 2 rings (SSSR count). The highest BCUT2D eigenvalue weighted by atomic mass is 32.2. The molecule has 0 saturated carbocycles. The number of nitrogens with zero attached hydrogens (tertiary/aromatic N) is 1. The third-order valence-corrected chi connectivity index (χ3v) is 3.95. The van der Waals surface area contributed by atoms with E-state index in [0.717, 1.165) is 0 Å². The van der Waals surface area contributed by atoms with Crippen molar-refractivity contribution in [3.05, 3.63) is 59.4 Å². The Morgan fingerprint density at radius 3 is 2.44 bits per heavy atom. The minimum Gasteiger partial charge on any atom is -0.465 e. The molecule has 0 spiro atoms. The van der Waals surface area contributed by atoms with Gasteiger partial charge < -0.3 is 4.42 Å². The molecule has 0 amide bonds. The van der Waals surface area contributed by atoms with E-state index in [-0.39, 0.29) is 9.80 Å². The van der Waals surface area contributed by atoms with Crippen molar-refractivity contribution in [1.29, 1.82) is 5.26 Å². The van der Waals surface area contributed by atoms with Crippen LogP contribution in [0.5, 0.6) is 0 Å². The minimum atomic E-state index is -3.79. The van der Waals surface area contributed by atoms with E-state index in [1.54, 1.807) is 36.4 Å². The van der Waals surface area contributed by atoms with Gasteiger partial charge >= 0.3 is 0 Å². The average molecular weight is 259 g/mol. The van der Waals surface area contributed by atoms with Gasteiger partial charge in [0.05, 0.1) is 11.2 Å². The van der Waals surface area contributed by atoms with Crippen LogP contribution in [0, 0.1) is 11.3 Å². The van der Waals surface area contributed by atoms with Crippen LogP contribution in [0.1, 0.15) is 5.76 Å². The van der Waals surface area contributed by atoms with Crippen molar-refractivity contribution < 1.29 is 12.8 Å². The number of furan rings is 1. The van der Waals surface area contributed by atoms with Gasteiger partial charge in [-0.15, -0.1) is 0 Å². The van der Waals surface area contributed by atoms with Gasteiger partial charge in [-0.2, -0.15) is 5.26 Å². The normalized spacial score (nSPS) is 12.1. The predicted molar refractivity (Wildman–Crippen MR) is 65.9 cm³/mol. The van der Waals surface area contributed by atoms with E-state index in [9.17, 15) is 8.42 Å². The molecule has 0 radical (unpaired) electrons. The predicted octanol–water partition coefficient (Wildman–Crippen LogP) is 2.62. The van der Waals surface area contributed by atoms with Crippen LogP contribution in [-0.2, 0) is 9.84 Å². The van der Waals surface area contributed by atoms with Crippen LogP contribution in [0.2, 0.25) is 0 Å². The Hall–Kier alpha value is -2.32. The molecular formula is C13H9NO3S. The maximum Gasteiger partial charge on any atom is 0.216 e. The first-order chi connectivity index (χ1) is 8.64.